The molecule has 0 saturated carbocycles. The number of rotatable bonds is 54. The van der Waals surface area contributed by atoms with Gasteiger partial charge in [-0.05, 0) is 38.5 Å². The summed E-state index contributed by atoms with van der Waals surface area (Å²) >= 11 is -2.52. The van der Waals surface area contributed by atoms with Crippen LogP contribution in [0.15, 0.2) is 0 Å². The Morgan fingerprint density at radius 3 is 0.531 bits per heavy atom. The first-order valence-corrected chi connectivity index (χ1v) is 41.0. The fourth-order valence-electron chi connectivity index (χ4n) is 7.20. The van der Waals surface area contributed by atoms with E-state index in [2.05, 4.69) is 61.1 Å². The van der Waals surface area contributed by atoms with Gasteiger partial charge in [-0.3, -0.25) is 27.1 Å². The molecule has 0 aromatic rings. The molecule has 0 aromatic carbocycles. The third-order valence-corrected chi connectivity index (χ3v) is 21.0. The molecule has 0 aromatic heterocycles. The van der Waals surface area contributed by atoms with E-state index in [0.29, 0.717) is 51.7 Å². The third kappa shape index (κ3) is 68.6. The van der Waals surface area contributed by atoms with Crippen LogP contribution in [0.2, 0.25) is 0 Å². The molecule has 0 amide bonds. The first-order valence-electron chi connectivity index (χ1n) is 30.2. The average Bonchev–Trinajstić information content (AvgIpc) is 3.87. The standard InChI is InChI=1S/3C16H36O7P2.C2H4O2.O.Ti/c3*1-3-5-7-9-11-13-15-21-24(17,18)23-25(19,20)22-16-14-12-10-8-6-4-2;3-1-2-4;;/h3*3-16H2,1-2H3,(H,17,18)(H,19,20);1-2H2;;/q;;;-2;;+2. The molecule has 1 heterocycles. The summed E-state index contributed by atoms with van der Waals surface area (Å²) in [7, 11) is -27.5. The van der Waals surface area contributed by atoms with Crippen molar-refractivity contribution in [3.63, 3.8) is 0 Å². The van der Waals surface area contributed by atoms with Crippen LogP contribution in [0.1, 0.15) is 273 Å². The van der Waals surface area contributed by atoms with Crippen LogP contribution in [0, 0.1) is 0 Å². The topological polar surface area (TPSA) is 342 Å². The Morgan fingerprint density at radius 2 is 0.407 bits per heavy atom. The van der Waals surface area contributed by atoms with Crippen LogP contribution in [0.4, 0.5) is 0 Å². The first kappa shape index (κ1) is 86.4. The predicted molar refractivity (Wildman–Crippen MR) is 311 cm³/mol. The number of hydrogen-bond acceptors (Lipinski definition) is 18. The molecule has 0 bridgehead atoms. The minimum absolute atomic E-state index is 0.0112. The SMILES string of the molecule is CCCCCCCCOP(=O)(O)OP(=O)(O)OCCCCCCCC.CCCCCCCCOP(=O)(O)OP(=O)(O)OCCCCCCCC.CCCCCCCCOP(=O)(O)OP(=O)(O)OCCCCCCCC.[O]=[Ti]1[O]CC[O]1. The van der Waals surface area contributed by atoms with E-state index in [9.17, 15) is 60.1 Å². The van der Waals surface area contributed by atoms with Gasteiger partial charge in [-0.15, -0.1) is 0 Å². The molecule has 0 spiro atoms. The maximum atomic E-state index is 11.7. The molecule has 0 radical (unpaired) electrons. The molecule has 1 aliphatic heterocycles. The first-order chi connectivity index (χ1) is 38.4. The second-order valence-corrected chi connectivity index (χ2v) is 30.4. The summed E-state index contributed by atoms with van der Waals surface area (Å²) in [5, 5.41) is 0. The summed E-state index contributed by atoms with van der Waals surface area (Å²) in [5.41, 5.74) is 0. The van der Waals surface area contributed by atoms with Gasteiger partial charge >= 0.3 is 88.7 Å². The molecule has 6 N–H and O–H groups in total. The van der Waals surface area contributed by atoms with Crippen LogP contribution in [0.25, 0.3) is 0 Å². The zero-order chi connectivity index (χ0) is 61.5. The minimum atomic E-state index is -4.58. The molecule has 6 unspecified atom stereocenters. The summed E-state index contributed by atoms with van der Waals surface area (Å²) in [4.78, 5) is 56.9. The fourth-order valence-corrected chi connectivity index (χ4v) is 14.5. The van der Waals surface area contributed by atoms with Crippen LogP contribution in [0.3, 0.4) is 0 Å². The fraction of sp³-hybridized carbons (Fsp3) is 1.00. The Labute approximate surface area is 495 Å². The van der Waals surface area contributed by atoms with Gasteiger partial charge in [-0.25, -0.2) is 27.4 Å². The molecule has 1 fully saturated rings. The summed E-state index contributed by atoms with van der Waals surface area (Å²) in [6.07, 6.45) is 35.8. The van der Waals surface area contributed by atoms with Gasteiger partial charge in [0.2, 0.25) is 0 Å². The molecular formula is C50H112O24P6Ti. The van der Waals surface area contributed by atoms with Crippen molar-refractivity contribution in [2.75, 3.05) is 52.9 Å². The van der Waals surface area contributed by atoms with Crippen molar-refractivity contribution in [1.82, 2.24) is 0 Å². The molecule has 490 valence electrons. The Bertz CT molecular complexity index is 1450. The van der Waals surface area contributed by atoms with Gasteiger partial charge in [0.05, 0.1) is 39.6 Å². The Morgan fingerprint density at radius 1 is 0.272 bits per heavy atom. The Hall–Kier alpha value is 1.21. The maximum absolute atomic E-state index is 11.7. The Kier molecular flexibility index (Phi) is 61.5. The summed E-state index contributed by atoms with van der Waals surface area (Å²) in [6.45, 7) is 13.9. The summed E-state index contributed by atoms with van der Waals surface area (Å²) < 4.78 is 130. The van der Waals surface area contributed by atoms with Gasteiger partial charge in [0.25, 0.3) is 0 Å². The monoisotopic (exact) mass is 1330 g/mol. The third-order valence-electron chi connectivity index (χ3n) is 11.7. The normalized spacial score (nSPS) is 16.9. The van der Waals surface area contributed by atoms with Crippen molar-refractivity contribution < 1.29 is 125 Å². The number of phosphoric acid groups is 6. The molecule has 1 aliphatic rings. The quantitative estimate of drug-likeness (QED) is 0.0187. The molecule has 24 nitrogen and oxygen atoms in total. The van der Waals surface area contributed by atoms with Crippen LogP contribution in [-0.2, 0) is 96.0 Å². The summed E-state index contributed by atoms with van der Waals surface area (Å²) in [6, 6.07) is 0. The van der Waals surface area contributed by atoms with Gasteiger partial charge in [0, 0.05) is 0 Å². The van der Waals surface area contributed by atoms with Gasteiger partial charge in [0.1, 0.15) is 0 Å². The number of unbranched alkanes of at least 4 members (excludes halogenated alkanes) is 30. The van der Waals surface area contributed by atoms with E-state index in [0.717, 1.165) is 154 Å². The van der Waals surface area contributed by atoms with Crippen molar-refractivity contribution in [3.8, 4) is 0 Å². The van der Waals surface area contributed by atoms with Crippen LogP contribution < -0.4 is 0 Å². The summed E-state index contributed by atoms with van der Waals surface area (Å²) in [5.74, 6) is 0. The number of phosphoric ester groups is 6. The van der Waals surface area contributed by atoms with E-state index >= 15 is 0 Å². The predicted octanol–water partition coefficient (Wildman–Crippen LogP) is 17.7. The molecule has 1 saturated heterocycles. The van der Waals surface area contributed by atoms with Crippen LogP contribution >= 0.6 is 46.9 Å². The van der Waals surface area contributed by atoms with E-state index in [4.69, 9.17) is 27.1 Å². The second-order valence-electron chi connectivity index (χ2n) is 19.6. The van der Waals surface area contributed by atoms with Crippen molar-refractivity contribution in [1.29, 1.82) is 0 Å². The number of hydrogen-bond donors (Lipinski definition) is 6. The zero-order valence-corrected chi connectivity index (χ0v) is 57.3. The molecule has 0 aliphatic carbocycles. The molecule has 81 heavy (non-hydrogen) atoms. The van der Waals surface area contributed by atoms with Crippen molar-refractivity contribution >= 4 is 46.9 Å². The average molecular weight is 1330 g/mol. The van der Waals surface area contributed by atoms with Gasteiger partial charge < -0.3 is 29.4 Å². The van der Waals surface area contributed by atoms with Gasteiger partial charge in [-0.1, -0.05) is 234 Å². The van der Waals surface area contributed by atoms with E-state index in [-0.39, 0.29) is 39.6 Å². The molecule has 1 rings (SSSR count). The molecule has 6 atom stereocenters. The second kappa shape index (κ2) is 57.6. The van der Waals surface area contributed by atoms with E-state index in [1.54, 1.807) is 0 Å². The van der Waals surface area contributed by atoms with Crippen LogP contribution in [-0.4, -0.2) is 82.2 Å². The van der Waals surface area contributed by atoms with Crippen LogP contribution in [0.5, 0.6) is 0 Å². The van der Waals surface area contributed by atoms with Gasteiger partial charge in [0.15, 0.2) is 0 Å². The van der Waals surface area contributed by atoms with E-state index in [1.807, 2.05) is 0 Å². The molecular weight excluding hydrogens is 1220 g/mol. The van der Waals surface area contributed by atoms with Crippen molar-refractivity contribution in [2.24, 2.45) is 0 Å². The van der Waals surface area contributed by atoms with E-state index in [1.165, 1.54) is 38.5 Å². The Balaban J connectivity index is -0.00000107. The van der Waals surface area contributed by atoms with Crippen molar-refractivity contribution in [3.05, 3.63) is 0 Å². The molecule has 31 heteroatoms. The zero-order valence-electron chi connectivity index (χ0n) is 50.3. The van der Waals surface area contributed by atoms with Gasteiger partial charge in [-0.2, -0.15) is 12.9 Å². The van der Waals surface area contributed by atoms with E-state index < -0.39 is 65.6 Å². The van der Waals surface area contributed by atoms with Crippen molar-refractivity contribution in [2.45, 2.75) is 273 Å².